The molecule has 0 radical (unpaired) electrons. The molecular formula is C48H26O3. The minimum Gasteiger partial charge on any atom is -0.456 e. The predicted molar refractivity (Wildman–Crippen MR) is 212 cm³/mol. The van der Waals surface area contributed by atoms with Crippen LogP contribution in [-0.2, 0) is 0 Å². The Kier molecular flexibility index (Phi) is 5.23. The summed E-state index contributed by atoms with van der Waals surface area (Å²) < 4.78 is 20.0. The highest BCUT2D eigenvalue weighted by Gasteiger charge is 2.23. The van der Waals surface area contributed by atoms with Crippen molar-refractivity contribution in [3.05, 3.63) is 158 Å². The summed E-state index contributed by atoms with van der Waals surface area (Å²) >= 11 is 0. The molecule has 0 atom stereocenters. The van der Waals surface area contributed by atoms with Crippen LogP contribution in [-0.4, -0.2) is 0 Å². The van der Waals surface area contributed by atoms with Crippen LogP contribution in [0.4, 0.5) is 0 Å². The first-order valence-electron chi connectivity index (χ1n) is 17.3. The van der Waals surface area contributed by atoms with Gasteiger partial charge in [-0.3, -0.25) is 0 Å². The molecule has 0 N–H and O–H groups in total. The smallest absolute Gasteiger partial charge is 0.143 e. The number of rotatable bonds is 2. The van der Waals surface area contributed by atoms with Gasteiger partial charge in [-0.25, -0.2) is 0 Å². The summed E-state index contributed by atoms with van der Waals surface area (Å²) in [6, 6.07) is 55.8. The van der Waals surface area contributed by atoms with Gasteiger partial charge >= 0.3 is 0 Å². The van der Waals surface area contributed by atoms with Crippen molar-refractivity contribution in [2.45, 2.75) is 0 Å². The molecule has 3 aromatic heterocycles. The van der Waals surface area contributed by atoms with Crippen molar-refractivity contribution in [1.82, 2.24) is 0 Å². The Morgan fingerprint density at radius 1 is 0.275 bits per heavy atom. The van der Waals surface area contributed by atoms with Crippen molar-refractivity contribution in [2.75, 3.05) is 0 Å². The number of furan rings is 3. The number of hydrogen-bond acceptors (Lipinski definition) is 3. The third-order valence-electron chi connectivity index (χ3n) is 10.8. The van der Waals surface area contributed by atoms with Gasteiger partial charge in [0.05, 0.1) is 0 Å². The number of hydrogen-bond donors (Lipinski definition) is 0. The monoisotopic (exact) mass is 650 g/mol. The van der Waals surface area contributed by atoms with Crippen molar-refractivity contribution in [3.8, 4) is 22.3 Å². The van der Waals surface area contributed by atoms with Crippen LogP contribution in [0.15, 0.2) is 171 Å². The second-order valence-electron chi connectivity index (χ2n) is 13.5. The van der Waals surface area contributed by atoms with E-state index in [2.05, 4.69) is 146 Å². The van der Waals surface area contributed by atoms with Crippen LogP contribution < -0.4 is 0 Å². The molecule has 3 heteroatoms. The van der Waals surface area contributed by atoms with Crippen molar-refractivity contribution >= 4 is 98.1 Å². The first kappa shape index (κ1) is 27.0. The lowest BCUT2D eigenvalue weighted by Gasteiger charge is -2.18. The van der Waals surface area contributed by atoms with E-state index in [0.717, 1.165) is 93.3 Å². The molecule has 0 saturated heterocycles. The highest BCUT2D eigenvalue weighted by atomic mass is 16.3. The van der Waals surface area contributed by atoms with Crippen LogP contribution in [0.5, 0.6) is 0 Å². The average Bonchev–Trinajstić information content (AvgIpc) is 3.87. The SMILES string of the molecule is c1ccc2cc3c(cc2c1)oc1ccc2oc4c(-c5c6ccccc6c(-c6cccc7c6oc6ccccc67)c6ccccc56)cccc4c2c13. The maximum atomic E-state index is 6.90. The molecule has 9 aromatic carbocycles. The molecule has 51 heavy (non-hydrogen) atoms. The highest BCUT2D eigenvalue weighted by Crippen LogP contribution is 2.49. The molecule has 12 aromatic rings. The molecule has 0 saturated carbocycles. The third-order valence-corrected chi connectivity index (χ3v) is 10.8. The zero-order chi connectivity index (χ0) is 33.2. The molecule has 236 valence electrons. The van der Waals surface area contributed by atoms with E-state index in [4.69, 9.17) is 13.3 Å². The first-order valence-corrected chi connectivity index (χ1v) is 17.3. The van der Waals surface area contributed by atoms with Crippen LogP contribution in [0.1, 0.15) is 0 Å². The van der Waals surface area contributed by atoms with Crippen molar-refractivity contribution < 1.29 is 13.3 Å². The maximum absolute atomic E-state index is 6.90. The normalized spacial score (nSPS) is 12.3. The summed E-state index contributed by atoms with van der Waals surface area (Å²) in [4.78, 5) is 0. The molecule has 0 unspecified atom stereocenters. The van der Waals surface area contributed by atoms with Crippen molar-refractivity contribution in [2.24, 2.45) is 0 Å². The first-order chi connectivity index (χ1) is 25.3. The minimum atomic E-state index is 0.850. The average molecular weight is 651 g/mol. The molecule has 3 heterocycles. The summed E-state index contributed by atoms with van der Waals surface area (Å²) in [5.41, 5.74) is 9.76. The zero-order valence-electron chi connectivity index (χ0n) is 27.2. The molecule has 0 aliphatic carbocycles. The summed E-state index contributed by atoms with van der Waals surface area (Å²) in [5, 5.41) is 13.6. The lowest BCUT2D eigenvalue weighted by Crippen LogP contribution is -1.91. The van der Waals surface area contributed by atoms with Crippen LogP contribution in [0.3, 0.4) is 0 Å². The summed E-state index contributed by atoms with van der Waals surface area (Å²) in [7, 11) is 0. The molecule has 3 nitrogen and oxygen atoms in total. The van der Waals surface area contributed by atoms with E-state index >= 15 is 0 Å². The standard InChI is InChI=1S/C48H26O3/c1-2-12-28-26-42-38(25-27(28)11-1)46-40(49-42)23-24-41-45(46)37-21-10-20-36(48(37)51-41)44-32-16-5-3-14-30(32)43(31-15-4-6-17-33(31)44)35-19-9-18-34-29-13-7-8-22-39(29)50-47(34)35/h1-26H. The second-order valence-corrected chi connectivity index (χ2v) is 13.5. The Morgan fingerprint density at radius 3 is 1.41 bits per heavy atom. The molecular weight excluding hydrogens is 625 g/mol. The Balaban J connectivity index is 1.19. The molecule has 0 aliphatic rings. The third kappa shape index (κ3) is 3.62. The number of para-hydroxylation sites is 3. The second kappa shape index (κ2) is 9.87. The van der Waals surface area contributed by atoms with Gasteiger partial charge in [0.25, 0.3) is 0 Å². The maximum Gasteiger partial charge on any atom is 0.143 e. The van der Waals surface area contributed by atoms with E-state index < -0.39 is 0 Å². The fraction of sp³-hybridized carbons (Fsp3) is 0. The highest BCUT2D eigenvalue weighted by molar-refractivity contribution is 6.30. The van der Waals surface area contributed by atoms with E-state index in [1.165, 1.54) is 27.1 Å². The van der Waals surface area contributed by atoms with E-state index in [-0.39, 0.29) is 0 Å². The Morgan fingerprint density at radius 2 is 0.745 bits per heavy atom. The van der Waals surface area contributed by atoms with E-state index in [1.54, 1.807) is 0 Å². The van der Waals surface area contributed by atoms with E-state index in [1.807, 2.05) is 12.1 Å². The lowest BCUT2D eigenvalue weighted by molar-refractivity contribution is 0.663. The predicted octanol–water partition coefficient (Wildman–Crippen LogP) is 14.2. The Hall–Kier alpha value is -6.84. The van der Waals surface area contributed by atoms with Crippen LogP contribution in [0.25, 0.3) is 120 Å². The fourth-order valence-corrected chi connectivity index (χ4v) is 8.69. The van der Waals surface area contributed by atoms with E-state index in [0.29, 0.717) is 0 Å². The number of fused-ring (bicyclic) bond motifs is 13. The van der Waals surface area contributed by atoms with Crippen molar-refractivity contribution in [1.29, 1.82) is 0 Å². The van der Waals surface area contributed by atoms with Gasteiger partial charge in [-0.15, -0.1) is 0 Å². The summed E-state index contributed by atoms with van der Waals surface area (Å²) in [5.74, 6) is 0. The van der Waals surface area contributed by atoms with Gasteiger partial charge < -0.3 is 13.3 Å². The summed E-state index contributed by atoms with van der Waals surface area (Å²) in [6.45, 7) is 0. The summed E-state index contributed by atoms with van der Waals surface area (Å²) in [6.07, 6.45) is 0. The molecule has 0 bridgehead atoms. The van der Waals surface area contributed by atoms with Gasteiger partial charge in [0.15, 0.2) is 0 Å². The van der Waals surface area contributed by atoms with Crippen LogP contribution in [0.2, 0.25) is 0 Å². The lowest BCUT2D eigenvalue weighted by atomic mass is 9.85. The van der Waals surface area contributed by atoms with E-state index in [9.17, 15) is 0 Å². The largest absolute Gasteiger partial charge is 0.456 e. The van der Waals surface area contributed by atoms with Gasteiger partial charge in [0, 0.05) is 54.6 Å². The van der Waals surface area contributed by atoms with Gasteiger partial charge in [-0.2, -0.15) is 0 Å². The van der Waals surface area contributed by atoms with Gasteiger partial charge in [0.1, 0.15) is 33.5 Å². The fourth-order valence-electron chi connectivity index (χ4n) is 8.69. The Labute approximate surface area is 290 Å². The zero-order valence-corrected chi connectivity index (χ0v) is 27.2. The van der Waals surface area contributed by atoms with Gasteiger partial charge in [-0.1, -0.05) is 127 Å². The topological polar surface area (TPSA) is 39.4 Å². The molecule has 0 amide bonds. The number of benzene rings is 9. The quantitative estimate of drug-likeness (QED) is 0.175. The molecule has 0 fully saturated rings. The van der Waals surface area contributed by atoms with Crippen LogP contribution in [0, 0.1) is 0 Å². The minimum absolute atomic E-state index is 0.850. The molecule has 0 spiro atoms. The van der Waals surface area contributed by atoms with Crippen LogP contribution >= 0.6 is 0 Å². The van der Waals surface area contributed by atoms with Crippen molar-refractivity contribution in [3.63, 3.8) is 0 Å². The molecule has 12 rings (SSSR count). The molecule has 0 aliphatic heterocycles. The van der Waals surface area contributed by atoms with Gasteiger partial charge in [-0.05, 0) is 62.6 Å². The Bertz CT molecular complexity index is 3370. The van der Waals surface area contributed by atoms with Gasteiger partial charge in [0.2, 0.25) is 0 Å².